The Labute approximate surface area is 106 Å². The standard InChI is InChI=1S/C13H29N3O/c1-15(2)8-4-6-14-7-10-16-9-5-13(11-16)12-17-3/h13-14H,4-12H2,1-3H3. The lowest BCUT2D eigenvalue weighted by Crippen LogP contribution is -2.32. The monoisotopic (exact) mass is 243 g/mol. The molecule has 0 aromatic heterocycles. The summed E-state index contributed by atoms with van der Waals surface area (Å²) in [5.74, 6) is 0.758. The lowest BCUT2D eigenvalue weighted by atomic mass is 10.1. The van der Waals surface area contributed by atoms with Crippen molar-refractivity contribution in [3.63, 3.8) is 0 Å². The number of likely N-dealkylation sites (tertiary alicyclic amines) is 1. The summed E-state index contributed by atoms with van der Waals surface area (Å²) < 4.78 is 5.21. The Morgan fingerprint density at radius 3 is 2.88 bits per heavy atom. The molecule has 1 N–H and O–H groups in total. The number of hydrogen-bond acceptors (Lipinski definition) is 4. The smallest absolute Gasteiger partial charge is 0.0503 e. The van der Waals surface area contributed by atoms with Gasteiger partial charge in [0.05, 0.1) is 6.61 Å². The van der Waals surface area contributed by atoms with Crippen LogP contribution < -0.4 is 5.32 Å². The summed E-state index contributed by atoms with van der Waals surface area (Å²) in [7, 11) is 6.05. The van der Waals surface area contributed by atoms with E-state index in [1.54, 1.807) is 7.11 Å². The lowest BCUT2D eigenvalue weighted by molar-refractivity contribution is 0.153. The van der Waals surface area contributed by atoms with Gasteiger partial charge in [0.1, 0.15) is 0 Å². The third-order valence-corrected chi connectivity index (χ3v) is 3.34. The first kappa shape index (κ1) is 14.9. The van der Waals surface area contributed by atoms with Crippen LogP contribution in [-0.2, 0) is 4.74 Å². The van der Waals surface area contributed by atoms with Crippen LogP contribution >= 0.6 is 0 Å². The third kappa shape index (κ3) is 6.99. The van der Waals surface area contributed by atoms with E-state index in [9.17, 15) is 0 Å². The van der Waals surface area contributed by atoms with Crippen LogP contribution in [0.1, 0.15) is 12.8 Å². The molecule has 0 amide bonds. The second-order valence-electron chi connectivity index (χ2n) is 5.32. The zero-order valence-electron chi connectivity index (χ0n) is 11.7. The lowest BCUT2D eigenvalue weighted by Gasteiger charge is -2.16. The van der Waals surface area contributed by atoms with Crippen molar-refractivity contribution >= 4 is 0 Å². The summed E-state index contributed by atoms with van der Waals surface area (Å²) in [5.41, 5.74) is 0. The first-order valence-corrected chi connectivity index (χ1v) is 6.79. The van der Waals surface area contributed by atoms with Crippen molar-refractivity contribution in [2.24, 2.45) is 5.92 Å². The largest absolute Gasteiger partial charge is 0.384 e. The van der Waals surface area contributed by atoms with Crippen LogP contribution in [0.4, 0.5) is 0 Å². The quantitative estimate of drug-likeness (QED) is 0.597. The Morgan fingerprint density at radius 2 is 2.18 bits per heavy atom. The number of ether oxygens (including phenoxy) is 1. The van der Waals surface area contributed by atoms with Gasteiger partial charge in [0.25, 0.3) is 0 Å². The van der Waals surface area contributed by atoms with Crippen LogP contribution in [0, 0.1) is 5.92 Å². The summed E-state index contributed by atoms with van der Waals surface area (Å²) in [6.07, 6.45) is 2.54. The van der Waals surface area contributed by atoms with Gasteiger partial charge in [0.2, 0.25) is 0 Å². The van der Waals surface area contributed by atoms with Crippen molar-refractivity contribution in [2.75, 3.05) is 67.1 Å². The Morgan fingerprint density at radius 1 is 1.35 bits per heavy atom. The molecular weight excluding hydrogens is 214 g/mol. The van der Waals surface area contributed by atoms with E-state index in [0.29, 0.717) is 0 Å². The van der Waals surface area contributed by atoms with E-state index in [1.165, 1.54) is 39.0 Å². The Kier molecular flexibility index (Phi) is 7.77. The second kappa shape index (κ2) is 8.86. The predicted molar refractivity (Wildman–Crippen MR) is 72.5 cm³/mol. The van der Waals surface area contributed by atoms with Crippen molar-refractivity contribution in [1.82, 2.24) is 15.1 Å². The fraction of sp³-hybridized carbons (Fsp3) is 1.00. The highest BCUT2D eigenvalue weighted by Gasteiger charge is 2.21. The number of nitrogens with zero attached hydrogens (tertiary/aromatic N) is 2. The first-order valence-electron chi connectivity index (χ1n) is 6.79. The highest BCUT2D eigenvalue weighted by molar-refractivity contribution is 4.75. The topological polar surface area (TPSA) is 27.7 Å². The summed E-state index contributed by atoms with van der Waals surface area (Å²) in [5, 5.41) is 3.51. The molecule has 102 valence electrons. The normalized spacial score (nSPS) is 21.5. The van der Waals surface area contributed by atoms with E-state index in [0.717, 1.165) is 25.6 Å². The van der Waals surface area contributed by atoms with Gasteiger partial charge in [-0.1, -0.05) is 0 Å². The van der Waals surface area contributed by atoms with Crippen LogP contribution in [-0.4, -0.2) is 76.9 Å². The fourth-order valence-corrected chi connectivity index (χ4v) is 2.37. The van der Waals surface area contributed by atoms with E-state index in [2.05, 4.69) is 29.2 Å². The molecule has 0 aromatic rings. The highest BCUT2D eigenvalue weighted by Crippen LogP contribution is 2.15. The molecule has 1 atom stereocenters. The Hall–Kier alpha value is -0.160. The molecule has 0 saturated carbocycles. The molecule has 1 unspecified atom stereocenters. The highest BCUT2D eigenvalue weighted by atomic mass is 16.5. The minimum atomic E-state index is 0.758. The van der Waals surface area contributed by atoms with Gasteiger partial charge in [0, 0.05) is 26.7 Å². The molecule has 0 aromatic carbocycles. The van der Waals surface area contributed by atoms with Crippen LogP contribution in [0.2, 0.25) is 0 Å². The number of methoxy groups -OCH3 is 1. The first-order chi connectivity index (χ1) is 8.22. The molecular formula is C13H29N3O. The zero-order valence-corrected chi connectivity index (χ0v) is 11.7. The molecule has 4 nitrogen and oxygen atoms in total. The van der Waals surface area contributed by atoms with Crippen molar-refractivity contribution in [3.05, 3.63) is 0 Å². The minimum Gasteiger partial charge on any atom is -0.384 e. The van der Waals surface area contributed by atoms with Gasteiger partial charge in [-0.3, -0.25) is 0 Å². The third-order valence-electron chi connectivity index (χ3n) is 3.34. The van der Waals surface area contributed by atoms with Crippen LogP contribution in [0.15, 0.2) is 0 Å². The SMILES string of the molecule is COCC1CCN(CCNCCCN(C)C)C1. The van der Waals surface area contributed by atoms with Gasteiger partial charge < -0.3 is 19.9 Å². The van der Waals surface area contributed by atoms with Crippen LogP contribution in [0.5, 0.6) is 0 Å². The van der Waals surface area contributed by atoms with E-state index in [4.69, 9.17) is 4.74 Å². The zero-order chi connectivity index (χ0) is 12.5. The Bertz CT molecular complexity index is 188. The summed E-state index contributed by atoms with van der Waals surface area (Å²) >= 11 is 0. The van der Waals surface area contributed by atoms with Gasteiger partial charge in [-0.15, -0.1) is 0 Å². The molecule has 1 rings (SSSR count). The van der Waals surface area contributed by atoms with E-state index in [1.807, 2.05) is 0 Å². The molecule has 1 saturated heterocycles. The summed E-state index contributed by atoms with van der Waals surface area (Å²) in [6.45, 7) is 7.99. The second-order valence-corrected chi connectivity index (χ2v) is 5.32. The molecule has 0 bridgehead atoms. The predicted octanol–water partition coefficient (Wildman–Crippen LogP) is 0.496. The molecule has 1 heterocycles. The maximum absolute atomic E-state index is 5.21. The fourth-order valence-electron chi connectivity index (χ4n) is 2.37. The molecule has 0 spiro atoms. The van der Waals surface area contributed by atoms with Gasteiger partial charge >= 0.3 is 0 Å². The number of rotatable bonds is 9. The van der Waals surface area contributed by atoms with Crippen molar-refractivity contribution in [2.45, 2.75) is 12.8 Å². The average Bonchev–Trinajstić information content (AvgIpc) is 2.71. The molecule has 17 heavy (non-hydrogen) atoms. The number of nitrogens with one attached hydrogen (secondary N) is 1. The Balaban J connectivity index is 1.90. The van der Waals surface area contributed by atoms with Gasteiger partial charge in [-0.25, -0.2) is 0 Å². The van der Waals surface area contributed by atoms with Gasteiger partial charge in [-0.05, 0) is 52.5 Å². The molecule has 0 radical (unpaired) electrons. The maximum atomic E-state index is 5.21. The summed E-state index contributed by atoms with van der Waals surface area (Å²) in [6, 6.07) is 0. The molecule has 4 heteroatoms. The van der Waals surface area contributed by atoms with Crippen LogP contribution in [0.3, 0.4) is 0 Å². The van der Waals surface area contributed by atoms with Crippen LogP contribution in [0.25, 0.3) is 0 Å². The van der Waals surface area contributed by atoms with E-state index >= 15 is 0 Å². The van der Waals surface area contributed by atoms with Gasteiger partial charge in [0.15, 0.2) is 0 Å². The molecule has 0 aliphatic carbocycles. The molecule has 1 fully saturated rings. The average molecular weight is 243 g/mol. The minimum absolute atomic E-state index is 0.758. The van der Waals surface area contributed by atoms with E-state index in [-0.39, 0.29) is 0 Å². The molecule has 1 aliphatic rings. The van der Waals surface area contributed by atoms with E-state index < -0.39 is 0 Å². The summed E-state index contributed by atoms with van der Waals surface area (Å²) in [4.78, 5) is 4.78. The van der Waals surface area contributed by atoms with Gasteiger partial charge in [-0.2, -0.15) is 0 Å². The maximum Gasteiger partial charge on any atom is 0.0503 e. The van der Waals surface area contributed by atoms with Crippen molar-refractivity contribution in [3.8, 4) is 0 Å². The number of hydrogen-bond donors (Lipinski definition) is 1. The van der Waals surface area contributed by atoms with Crippen molar-refractivity contribution in [1.29, 1.82) is 0 Å². The molecule has 1 aliphatic heterocycles. The van der Waals surface area contributed by atoms with Crippen molar-refractivity contribution < 1.29 is 4.74 Å².